The van der Waals surface area contributed by atoms with E-state index in [2.05, 4.69) is 10.3 Å². The summed E-state index contributed by atoms with van der Waals surface area (Å²) >= 11 is 0. The summed E-state index contributed by atoms with van der Waals surface area (Å²) in [6.07, 6.45) is 4.84. The number of hydrogen-bond donors (Lipinski definition) is 2. The Hall–Kier alpha value is -1.95. The summed E-state index contributed by atoms with van der Waals surface area (Å²) in [4.78, 5) is 30.0. The van der Waals surface area contributed by atoms with Crippen LogP contribution in [0.2, 0.25) is 0 Å². The molecule has 6 heteroatoms. The number of aliphatic hydroxyl groups is 1. The molecule has 0 saturated carbocycles. The number of aromatic nitrogens is 1. The Morgan fingerprint density at radius 2 is 2.29 bits per heavy atom. The lowest BCUT2D eigenvalue weighted by molar-refractivity contribution is -0.146. The number of nitrogens with zero attached hydrogens (tertiary/aromatic N) is 2. The fourth-order valence-corrected chi connectivity index (χ4v) is 2.63. The van der Waals surface area contributed by atoms with E-state index in [1.165, 1.54) is 0 Å². The van der Waals surface area contributed by atoms with Crippen LogP contribution < -0.4 is 5.32 Å². The number of pyridine rings is 1. The molecule has 2 rings (SSSR count). The second kappa shape index (κ2) is 7.17. The molecular formula is C15H21N3O3. The lowest BCUT2D eigenvalue weighted by Gasteiger charge is -2.34. The third kappa shape index (κ3) is 3.78. The number of nitrogens with one attached hydrogen (secondary N) is 1. The van der Waals surface area contributed by atoms with Crippen molar-refractivity contribution in [1.82, 2.24) is 9.88 Å². The Labute approximate surface area is 124 Å². The highest BCUT2D eigenvalue weighted by Crippen LogP contribution is 2.20. The molecule has 2 amide bonds. The van der Waals surface area contributed by atoms with Gasteiger partial charge in [-0.05, 0) is 44.2 Å². The molecule has 1 unspecified atom stereocenters. The summed E-state index contributed by atoms with van der Waals surface area (Å²) < 4.78 is 0. The van der Waals surface area contributed by atoms with Crippen LogP contribution in [0.15, 0.2) is 18.3 Å². The number of carbonyl (C=O) groups excluding carboxylic acids is 2. The van der Waals surface area contributed by atoms with E-state index in [1.807, 2.05) is 13.0 Å². The van der Waals surface area contributed by atoms with Crippen molar-refractivity contribution in [2.75, 3.05) is 18.5 Å². The first-order valence-electron chi connectivity index (χ1n) is 7.28. The minimum absolute atomic E-state index is 0.0232. The number of hydrogen-bond acceptors (Lipinski definition) is 4. The van der Waals surface area contributed by atoms with E-state index in [0.717, 1.165) is 24.8 Å². The fourth-order valence-electron chi connectivity index (χ4n) is 2.63. The molecule has 1 atom stereocenters. The number of aryl methyl sites for hydroxylation is 1. The topological polar surface area (TPSA) is 82.5 Å². The summed E-state index contributed by atoms with van der Waals surface area (Å²) in [5, 5.41) is 11.6. The predicted molar refractivity (Wildman–Crippen MR) is 78.7 cm³/mol. The molecule has 1 aliphatic heterocycles. The summed E-state index contributed by atoms with van der Waals surface area (Å²) in [5.41, 5.74) is 0.809. The van der Waals surface area contributed by atoms with Gasteiger partial charge in [-0.3, -0.25) is 9.59 Å². The average molecular weight is 291 g/mol. The Kier molecular flexibility index (Phi) is 5.27. The van der Waals surface area contributed by atoms with E-state index in [0.29, 0.717) is 18.8 Å². The van der Waals surface area contributed by atoms with E-state index in [1.54, 1.807) is 17.2 Å². The Balaban J connectivity index is 2.04. The lowest BCUT2D eigenvalue weighted by Crippen LogP contribution is -2.48. The molecule has 21 heavy (non-hydrogen) atoms. The Morgan fingerprint density at radius 3 is 3.00 bits per heavy atom. The van der Waals surface area contributed by atoms with Gasteiger partial charge >= 0.3 is 11.8 Å². The number of likely N-dealkylation sites (tertiary alicyclic amines) is 1. The zero-order chi connectivity index (χ0) is 15.2. The van der Waals surface area contributed by atoms with Crippen molar-refractivity contribution in [3.05, 3.63) is 23.9 Å². The van der Waals surface area contributed by atoms with Gasteiger partial charge in [0.05, 0.1) is 0 Å². The Bertz CT molecular complexity index is 517. The third-order valence-electron chi connectivity index (χ3n) is 3.79. The van der Waals surface area contributed by atoms with E-state index < -0.39 is 11.8 Å². The minimum atomic E-state index is -0.665. The van der Waals surface area contributed by atoms with Crippen LogP contribution >= 0.6 is 0 Å². The molecule has 0 aromatic carbocycles. The van der Waals surface area contributed by atoms with Crippen molar-refractivity contribution in [2.24, 2.45) is 0 Å². The van der Waals surface area contributed by atoms with Crippen LogP contribution in [0.5, 0.6) is 0 Å². The normalized spacial score (nSPS) is 18.4. The van der Waals surface area contributed by atoms with Crippen molar-refractivity contribution >= 4 is 17.6 Å². The number of aliphatic hydroxyl groups excluding tert-OH is 1. The van der Waals surface area contributed by atoms with Gasteiger partial charge in [-0.1, -0.05) is 6.07 Å². The largest absolute Gasteiger partial charge is 0.396 e. The van der Waals surface area contributed by atoms with Crippen LogP contribution in [0.1, 0.15) is 31.2 Å². The van der Waals surface area contributed by atoms with Crippen molar-refractivity contribution in [3.8, 4) is 0 Å². The molecule has 0 bridgehead atoms. The highest BCUT2D eigenvalue weighted by atomic mass is 16.3. The van der Waals surface area contributed by atoms with Gasteiger partial charge in [0.1, 0.15) is 5.82 Å². The molecule has 1 saturated heterocycles. The summed E-state index contributed by atoms with van der Waals surface area (Å²) in [7, 11) is 0. The molecule has 0 spiro atoms. The number of amides is 2. The van der Waals surface area contributed by atoms with Crippen LogP contribution in [-0.4, -0.2) is 46.0 Å². The molecule has 2 heterocycles. The van der Waals surface area contributed by atoms with Crippen LogP contribution in [0.4, 0.5) is 5.82 Å². The first-order chi connectivity index (χ1) is 10.1. The average Bonchev–Trinajstić information content (AvgIpc) is 2.50. The standard InChI is InChI=1S/C15H21N3O3/c1-11-5-4-8-16-13(11)17-14(20)15(21)18-9-3-2-6-12(18)7-10-19/h4-5,8,12,19H,2-3,6-7,9-10H2,1H3,(H,16,17,20). The van der Waals surface area contributed by atoms with Gasteiger partial charge in [0, 0.05) is 25.4 Å². The molecule has 114 valence electrons. The third-order valence-corrected chi connectivity index (χ3v) is 3.79. The molecule has 0 aliphatic carbocycles. The maximum absolute atomic E-state index is 12.3. The van der Waals surface area contributed by atoms with Gasteiger partial charge in [0.25, 0.3) is 0 Å². The first-order valence-corrected chi connectivity index (χ1v) is 7.28. The molecule has 1 aliphatic rings. The number of piperidine rings is 1. The molecule has 1 aromatic rings. The Morgan fingerprint density at radius 1 is 1.48 bits per heavy atom. The monoisotopic (exact) mass is 291 g/mol. The van der Waals surface area contributed by atoms with Crippen LogP contribution in [0.3, 0.4) is 0 Å². The maximum atomic E-state index is 12.3. The molecule has 1 aromatic heterocycles. The molecule has 1 fully saturated rings. The highest BCUT2D eigenvalue weighted by Gasteiger charge is 2.30. The van der Waals surface area contributed by atoms with Gasteiger partial charge < -0.3 is 15.3 Å². The molecule has 2 N–H and O–H groups in total. The zero-order valence-electron chi connectivity index (χ0n) is 12.2. The smallest absolute Gasteiger partial charge is 0.315 e. The van der Waals surface area contributed by atoms with E-state index in [4.69, 9.17) is 5.11 Å². The van der Waals surface area contributed by atoms with E-state index >= 15 is 0 Å². The number of carbonyl (C=O) groups is 2. The van der Waals surface area contributed by atoms with Crippen LogP contribution in [0.25, 0.3) is 0 Å². The predicted octanol–water partition coefficient (Wildman–Crippen LogP) is 1.09. The summed E-state index contributed by atoms with van der Waals surface area (Å²) in [5.74, 6) is -0.800. The van der Waals surface area contributed by atoms with Gasteiger partial charge in [0.15, 0.2) is 0 Å². The van der Waals surface area contributed by atoms with E-state index in [-0.39, 0.29) is 12.6 Å². The molecule has 6 nitrogen and oxygen atoms in total. The van der Waals surface area contributed by atoms with Gasteiger partial charge in [-0.25, -0.2) is 4.98 Å². The lowest BCUT2D eigenvalue weighted by atomic mass is 9.99. The van der Waals surface area contributed by atoms with E-state index in [9.17, 15) is 9.59 Å². The van der Waals surface area contributed by atoms with Gasteiger partial charge in [0.2, 0.25) is 0 Å². The highest BCUT2D eigenvalue weighted by molar-refractivity contribution is 6.39. The van der Waals surface area contributed by atoms with Crippen molar-refractivity contribution < 1.29 is 14.7 Å². The zero-order valence-corrected chi connectivity index (χ0v) is 12.2. The number of rotatable bonds is 3. The molecule has 0 radical (unpaired) electrons. The second-order valence-electron chi connectivity index (χ2n) is 5.28. The van der Waals surface area contributed by atoms with Crippen molar-refractivity contribution in [1.29, 1.82) is 0 Å². The van der Waals surface area contributed by atoms with Crippen molar-refractivity contribution in [3.63, 3.8) is 0 Å². The van der Waals surface area contributed by atoms with Crippen molar-refractivity contribution in [2.45, 2.75) is 38.6 Å². The SMILES string of the molecule is Cc1cccnc1NC(=O)C(=O)N1CCCCC1CCO. The molecular weight excluding hydrogens is 270 g/mol. The fraction of sp³-hybridized carbons (Fsp3) is 0.533. The van der Waals surface area contributed by atoms with Gasteiger partial charge in [-0.2, -0.15) is 0 Å². The van der Waals surface area contributed by atoms with Crippen LogP contribution in [-0.2, 0) is 9.59 Å². The summed E-state index contributed by atoms with van der Waals surface area (Å²) in [6, 6.07) is 3.55. The summed E-state index contributed by atoms with van der Waals surface area (Å²) in [6.45, 7) is 2.41. The second-order valence-corrected chi connectivity index (χ2v) is 5.28. The van der Waals surface area contributed by atoms with Gasteiger partial charge in [-0.15, -0.1) is 0 Å². The number of anilines is 1. The first kappa shape index (κ1) is 15.4. The minimum Gasteiger partial charge on any atom is -0.396 e. The quantitative estimate of drug-likeness (QED) is 0.817. The maximum Gasteiger partial charge on any atom is 0.315 e. The van der Waals surface area contributed by atoms with Crippen LogP contribution in [0, 0.1) is 6.92 Å².